The Kier molecular flexibility index (Phi) is 4.85. The number of terminal acetylenes is 1. The zero-order valence-electron chi connectivity index (χ0n) is 9.79. The van der Waals surface area contributed by atoms with Crippen molar-refractivity contribution in [3.05, 3.63) is 29.6 Å². The van der Waals surface area contributed by atoms with Gasteiger partial charge in [-0.1, -0.05) is 6.92 Å². The molecule has 2 heteroatoms. The molecule has 0 amide bonds. The van der Waals surface area contributed by atoms with Crippen LogP contribution < -0.4 is 4.74 Å². The van der Waals surface area contributed by atoms with Crippen molar-refractivity contribution in [3.8, 4) is 18.1 Å². The van der Waals surface area contributed by atoms with Crippen LogP contribution in [0.1, 0.15) is 38.2 Å². The molecule has 0 heterocycles. The van der Waals surface area contributed by atoms with Gasteiger partial charge < -0.3 is 4.74 Å². The van der Waals surface area contributed by atoms with Gasteiger partial charge in [-0.3, -0.25) is 0 Å². The smallest absolute Gasteiger partial charge is 0.123 e. The van der Waals surface area contributed by atoms with E-state index in [-0.39, 0.29) is 11.7 Å². The van der Waals surface area contributed by atoms with E-state index in [1.165, 1.54) is 12.1 Å². The Labute approximate surface area is 96.6 Å². The molecule has 0 aliphatic carbocycles. The summed E-state index contributed by atoms with van der Waals surface area (Å²) in [5.74, 6) is 3.30. The molecule has 1 aromatic carbocycles. The number of rotatable bonds is 5. The zero-order chi connectivity index (χ0) is 12.0. The highest BCUT2D eigenvalue weighted by Gasteiger charge is 2.14. The SMILES string of the molecule is C#CCC(CC)c1cc(F)ccc1OCC. The molecule has 0 aliphatic heterocycles. The third-order valence-electron chi connectivity index (χ3n) is 2.57. The Morgan fingerprint density at radius 2 is 2.19 bits per heavy atom. The molecule has 0 aliphatic rings. The maximum Gasteiger partial charge on any atom is 0.123 e. The average molecular weight is 220 g/mol. The predicted octanol–water partition coefficient (Wildman–Crippen LogP) is 3.74. The second-order valence-corrected chi connectivity index (χ2v) is 3.63. The molecule has 0 N–H and O–H groups in total. The molecule has 0 spiro atoms. The summed E-state index contributed by atoms with van der Waals surface area (Å²) in [6, 6.07) is 4.61. The molecule has 0 saturated carbocycles. The highest BCUT2D eigenvalue weighted by Crippen LogP contribution is 2.31. The van der Waals surface area contributed by atoms with Crippen molar-refractivity contribution < 1.29 is 9.13 Å². The fraction of sp³-hybridized carbons (Fsp3) is 0.429. The van der Waals surface area contributed by atoms with Crippen LogP contribution in [0.3, 0.4) is 0 Å². The largest absolute Gasteiger partial charge is 0.494 e. The first-order chi connectivity index (χ1) is 7.72. The normalized spacial score (nSPS) is 11.9. The van der Waals surface area contributed by atoms with Gasteiger partial charge in [0.2, 0.25) is 0 Å². The summed E-state index contributed by atoms with van der Waals surface area (Å²) in [5.41, 5.74) is 0.877. The summed E-state index contributed by atoms with van der Waals surface area (Å²) < 4.78 is 18.7. The first-order valence-electron chi connectivity index (χ1n) is 5.58. The molecular weight excluding hydrogens is 203 g/mol. The fourth-order valence-electron chi connectivity index (χ4n) is 1.74. The van der Waals surface area contributed by atoms with Gasteiger partial charge in [-0.25, -0.2) is 4.39 Å². The van der Waals surface area contributed by atoms with E-state index in [2.05, 4.69) is 5.92 Å². The van der Waals surface area contributed by atoms with Gasteiger partial charge in [-0.2, -0.15) is 0 Å². The van der Waals surface area contributed by atoms with Crippen molar-refractivity contribution in [1.29, 1.82) is 0 Å². The molecular formula is C14H17FO. The molecule has 1 unspecified atom stereocenters. The number of ether oxygens (including phenoxy) is 1. The lowest BCUT2D eigenvalue weighted by Crippen LogP contribution is -2.02. The van der Waals surface area contributed by atoms with Crippen LogP contribution >= 0.6 is 0 Å². The van der Waals surface area contributed by atoms with Gasteiger partial charge in [0.1, 0.15) is 11.6 Å². The molecule has 86 valence electrons. The van der Waals surface area contributed by atoms with E-state index in [0.29, 0.717) is 13.0 Å². The molecule has 0 saturated heterocycles. The lowest BCUT2D eigenvalue weighted by Gasteiger charge is -2.17. The van der Waals surface area contributed by atoms with E-state index < -0.39 is 0 Å². The summed E-state index contributed by atoms with van der Waals surface area (Å²) in [6.45, 7) is 4.53. The van der Waals surface area contributed by atoms with E-state index in [1.807, 2.05) is 13.8 Å². The van der Waals surface area contributed by atoms with Crippen molar-refractivity contribution in [1.82, 2.24) is 0 Å². The monoisotopic (exact) mass is 220 g/mol. The summed E-state index contributed by atoms with van der Waals surface area (Å²) in [7, 11) is 0. The van der Waals surface area contributed by atoms with E-state index in [4.69, 9.17) is 11.2 Å². The third-order valence-corrected chi connectivity index (χ3v) is 2.57. The van der Waals surface area contributed by atoms with Crippen LogP contribution in [-0.4, -0.2) is 6.61 Å². The number of benzene rings is 1. The maximum absolute atomic E-state index is 13.2. The van der Waals surface area contributed by atoms with Crippen LogP contribution in [-0.2, 0) is 0 Å². The minimum atomic E-state index is -0.242. The van der Waals surface area contributed by atoms with Crippen LogP contribution in [0.5, 0.6) is 5.75 Å². The Morgan fingerprint density at radius 1 is 1.44 bits per heavy atom. The van der Waals surface area contributed by atoms with Crippen molar-refractivity contribution in [2.45, 2.75) is 32.6 Å². The van der Waals surface area contributed by atoms with Crippen LogP contribution in [0.4, 0.5) is 4.39 Å². The van der Waals surface area contributed by atoms with Gasteiger partial charge in [0.05, 0.1) is 6.61 Å². The molecule has 0 fully saturated rings. The van der Waals surface area contributed by atoms with E-state index in [9.17, 15) is 4.39 Å². The average Bonchev–Trinajstić information content (AvgIpc) is 2.29. The molecule has 1 nitrogen and oxygen atoms in total. The van der Waals surface area contributed by atoms with Gasteiger partial charge in [-0.05, 0) is 37.5 Å². The third kappa shape index (κ3) is 3.00. The minimum Gasteiger partial charge on any atom is -0.494 e. The molecule has 16 heavy (non-hydrogen) atoms. The Morgan fingerprint density at radius 3 is 2.75 bits per heavy atom. The van der Waals surface area contributed by atoms with Crippen molar-refractivity contribution in [2.75, 3.05) is 6.61 Å². The van der Waals surface area contributed by atoms with E-state index >= 15 is 0 Å². The van der Waals surface area contributed by atoms with Crippen molar-refractivity contribution in [3.63, 3.8) is 0 Å². The quantitative estimate of drug-likeness (QED) is 0.687. The molecule has 0 bridgehead atoms. The predicted molar refractivity (Wildman–Crippen MR) is 64.1 cm³/mol. The van der Waals surface area contributed by atoms with E-state index in [0.717, 1.165) is 17.7 Å². The van der Waals surface area contributed by atoms with Crippen LogP contribution in [0.25, 0.3) is 0 Å². The van der Waals surface area contributed by atoms with Crippen molar-refractivity contribution >= 4 is 0 Å². The van der Waals surface area contributed by atoms with Gasteiger partial charge >= 0.3 is 0 Å². The lowest BCUT2D eigenvalue weighted by atomic mass is 9.92. The van der Waals surface area contributed by atoms with Crippen LogP contribution in [0.2, 0.25) is 0 Å². The van der Waals surface area contributed by atoms with E-state index in [1.54, 1.807) is 6.07 Å². The summed E-state index contributed by atoms with van der Waals surface area (Å²) in [5, 5.41) is 0. The number of hydrogen-bond donors (Lipinski definition) is 0. The number of hydrogen-bond acceptors (Lipinski definition) is 1. The maximum atomic E-state index is 13.2. The second-order valence-electron chi connectivity index (χ2n) is 3.63. The van der Waals surface area contributed by atoms with Crippen LogP contribution in [0.15, 0.2) is 18.2 Å². The summed E-state index contributed by atoms with van der Waals surface area (Å²) in [4.78, 5) is 0. The summed E-state index contributed by atoms with van der Waals surface area (Å²) in [6.07, 6.45) is 6.81. The molecule has 1 atom stereocenters. The zero-order valence-corrected chi connectivity index (χ0v) is 9.79. The summed E-state index contributed by atoms with van der Waals surface area (Å²) >= 11 is 0. The number of halogens is 1. The second kappa shape index (κ2) is 6.17. The highest BCUT2D eigenvalue weighted by molar-refractivity contribution is 5.37. The van der Waals surface area contributed by atoms with Gasteiger partial charge in [0, 0.05) is 12.0 Å². The van der Waals surface area contributed by atoms with Gasteiger partial charge in [-0.15, -0.1) is 12.3 Å². The fourth-order valence-corrected chi connectivity index (χ4v) is 1.74. The highest BCUT2D eigenvalue weighted by atomic mass is 19.1. The van der Waals surface area contributed by atoms with Crippen molar-refractivity contribution in [2.24, 2.45) is 0 Å². The van der Waals surface area contributed by atoms with Gasteiger partial charge in [0.25, 0.3) is 0 Å². The Hall–Kier alpha value is -1.49. The molecule has 0 aromatic heterocycles. The van der Waals surface area contributed by atoms with Gasteiger partial charge in [0.15, 0.2) is 0 Å². The minimum absolute atomic E-state index is 0.169. The first kappa shape index (κ1) is 12.6. The Balaban J connectivity index is 3.07. The molecule has 1 aromatic rings. The Bertz CT molecular complexity index is 379. The molecule has 0 radical (unpaired) electrons. The lowest BCUT2D eigenvalue weighted by molar-refractivity contribution is 0.333. The first-order valence-corrected chi connectivity index (χ1v) is 5.58. The standard InChI is InChI=1S/C14H17FO/c1-4-7-11(5-2)13-10-12(15)8-9-14(13)16-6-3/h1,8-11H,5-7H2,2-3H3. The molecule has 1 rings (SSSR count). The topological polar surface area (TPSA) is 9.23 Å². The van der Waals surface area contributed by atoms with Crippen LogP contribution in [0, 0.1) is 18.2 Å².